The smallest absolute Gasteiger partial charge is 0.744 e. The summed E-state index contributed by atoms with van der Waals surface area (Å²) >= 11 is 0. The molecular weight excluding hydrogens is 1130 g/mol. The van der Waals surface area contributed by atoms with E-state index in [1.165, 1.54) is 66.7 Å². The predicted octanol–water partition coefficient (Wildman–Crippen LogP) is -2.75. The van der Waals surface area contributed by atoms with Crippen molar-refractivity contribution in [2.75, 3.05) is 64.6 Å². The van der Waals surface area contributed by atoms with Crippen LogP contribution in [0.25, 0.3) is 12.2 Å². The number of carbonyl (C=O) groups is 2. The van der Waals surface area contributed by atoms with Gasteiger partial charge in [0.05, 0.1) is 67.7 Å². The van der Waals surface area contributed by atoms with Gasteiger partial charge in [-0.2, -0.15) is 20.4 Å². The first kappa shape index (κ1) is 64.7. The van der Waals surface area contributed by atoms with E-state index in [0.29, 0.717) is 23.6 Å². The third-order valence-electron chi connectivity index (χ3n) is 11.1. The largest absolute Gasteiger partial charge is 1.00 e. The number of allylic oxidation sites excluding steroid dienone is 2. The molecule has 0 radical (unpaired) electrons. The summed E-state index contributed by atoms with van der Waals surface area (Å²) in [5, 5.41) is 51.1. The van der Waals surface area contributed by atoms with E-state index in [1.807, 2.05) is 0 Å². The molecule has 0 fully saturated rings. The van der Waals surface area contributed by atoms with E-state index in [2.05, 4.69) is 57.5 Å². The van der Waals surface area contributed by atoms with Gasteiger partial charge in [-0.15, -0.1) is 10.2 Å². The van der Waals surface area contributed by atoms with Gasteiger partial charge in [0.2, 0.25) is 11.6 Å². The number of anilines is 8. The van der Waals surface area contributed by atoms with Crippen molar-refractivity contribution < 1.29 is 147 Å². The molecule has 2 aliphatic rings. The molecule has 26 nitrogen and oxygen atoms in total. The number of rotatable bonds is 19. The number of benzene rings is 6. The molecule has 0 saturated heterocycles. The molecule has 0 saturated carbocycles. The summed E-state index contributed by atoms with van der Waals surface area (Å²) in [5.74, 6) is -1.97. The number of fused-ring (bicyclic) bond motifs is 2. The van der Waals surface area contributed by atoms with E-state index < -0.39 is 68.0 Å². The molecule has 0 heterocycles. The second-order valence-electron chi connectivity index (χ2n) is 16.4. The fraction of sp³-hybridized carbons (Fsp3) is 0.0833. The van der Waals surface area contributed by atoms with Gasteiger partial charge in [0, 0.05) is 41.3 Å². The summed E-state index contributed by atoms with van der Waals surface area (Å²) < 4.78 is 112. The summed E-state index contributed by atoms with van der Waals surface area (Å²) in [5.41, 5.74) is 17.9. The van der Waals surface area contributed by atoms with Gasteiger partial charge in [0.25, 0.3) is 0 Å². The summed E-state index contributed by atoms with van der Waals surface area (Å²) in [6.07, 6.45) is 1.92. The van der Waals surface area contributed by atoms with Gasteiger partial charge in [-0.1, -0.05) is 12.1 Å². The van der Waals surface area contributed by atoms with Crippen LogP contribution in [0.3, 0.4) is 0 Å². The van der Waals surface area contributed by atoms with E-state index in [4.69, 9.17) is 21.7 Å². The Morgan fingerprint density at radius 2 is 0.887 bits per heavy atom. The van der Waals surface area contributed by atoms with E-state index in [9.17, 15) is 48.5 Å². The summed E-state index contributed by atoms with van der Waals surface area (Å²) in [6, 6.07) is 26.5. The van der Waals surface area contributed by atoms with Crippen LogP contribution in [0.2, 0.25) is 0 Å². The second-order valence-corrected chi connectivity index (χ2v) is 20.4. The molecule has 0 spiro atoms. The molecule has 80 heavy (non-hydrogen) atoms. The molecule has 0 amide bonds. The first-order chi connectivity index (χ1) is 36.6. The number of Topliss-reactive ketones (excluding diaryl/α,β-unsaturated/α-hetero) is 2. The third-order valence-corrected chi connectivity index (χ3v) is 13.6. The molecule has 2 aliphatic carbocycles. The number of nitrogens with two attached hydrogens (primary N) is 2. The van der Waals surface area contributed by atoms with Crippen molar-refractivity contribution in [1.82, 2.24) is 0 Å². The Labute approximate surface area is 523 Å². The Balaban J connectivity index is 0.00000392. The minimum absolute atomic E-state index is 0. The molecule has 0 bridgehead atoms. The second kappa shape index (κ2) is 27.6. The van der Waals surface area contributed by atoms with Gasteiger partial charge >= 0.3 is 88.7 Å². The van der Waals surface area contributed by atoms with Crippen LogP contribution in [-0.2, 0) is 30.4 Å². The summed E-state index contributed by atoms with van der Waals surface area (Å²) in [7, 11) is -15.9. The Morgan fingerprint density at radius 3 is 1.30 bits per heavy atom. The number of carbonyl (C=O) groups excluding carboxylic acids is 2. The topological polar surface area (TPSA) is 433 Å². The number of azo groups is 2. The number of hydrazone groups is 2. The average Bonchev–Trinajstić information content (AvgIpc) is 3.38. The van der Waals surface area contributed by atoms with E-state index in [-0.39, 0.29) is 182 Å². The van der Waals surface area contributed by atoms with Crippen LogP contribution in [-0.4, -0.2) is 98.4 Å². The average molecular weight is 1170 g/mol. The van der Waals surface area contributed by atoms with Crippen LogP contribution in [0.1, 0.15) is 31.8 Å². The van der Waals surface area contributed by atoms with Gasteiger partial charge in [0.15, 0.2) is 0 Å². The number of nitrogens with zero attached hydrogens (tertiary/aromatic N) is 6. The monoisotopic (exact) mass is 1170 g/mol. The van der Waals surface area contributed by atoms with Crippen LogP contribution in [0.5, 0.6) is 0 Å². The maximum atomic E-state index is 13.8. The van der Waals surface area contributed by atoms with Crippen molar-refractivity contribution in [3.8, 4) is 0 Å². The Hall–Kier alpha value is -6.07. The quantitative estimate of drug-likeness (QED) is 0.0130. The van der Waals surface area contributed by atoms with Gasteiger partial charge < -0.3 is 51.3 Å². The van der Waals surface area contributed by atoms with Crippen LogP contribution in [0.4, 0.5) is 68.2 Å². The van der Waals surface area contributed by atoms with Gasteiger partial charge in [-0.25, -0.2) is 25.3 Å². The number of hydrogen-bond acceptors (Lipinski definition) is 26. The molecule has 0 aromatic heterocycles. The van der Waals surface area contributed by atoms with Crippen LogP contribution in [0.15, 0.2) is 161 Å². The first-order valence-corrected chi connectivity index (χ1v) is 26.5. The molecular formula is C48H40N13Na3O13S3. The van der Waals surface area contributed by atoms with E-state index in [1.54, 1.807) is 36.4 Å². The summed E-state index contributed by atoms with van der Waals surface area (Å²) in [6.45, 7) is 0.394. The molecule has 11 N–H and O–H groups in total. The number of aliphatic hydroxyl groups is 2. The van der Waals surface area contributed by atoms with Gasteiger partial charge in [0.1, 0.15) is 53.2 Å². The van der Waals surface area contributed by atoms with Gasteiger partial charge in [-0.3, -0.25) is 20.4 Å². The molecule has 32 heteroatoms. The SMILES string of the molecule is Nc1cc(NCCO)ccc1N=Nc1ccc2c(c1)C(=O)/C(=N/Nc1ccc(Nc3ccc(N/N=C4\C(=O)c5cc(N=Nc6ccc(NCCO)cc6N)ccc5C=C4S(=O)(=O)[O-])cc3)c(S(=O)(=O)[O-])c1)C(S(=O)(=O)[O-])=C2.[Na+].[Na+].[Na+]. The standard InChI is InChI=1S/C48H43N13O13S3.3Na/c49-37-23-30(51-15-17-62)9-12-39(37)58-55-32-3-1-26-19-43(76(69,70)71)45(47(64)35(26)21-32)60-54-29-7-5-28(6-8-29)53-41-14-11-34(25-42(41)75(66,67)68)57-61-46-44(77(72,73)74)20-27-2-4-33(22-36(27)48(46)65)56-59-40-13-10-31(24-38(40)50)52-16-18-63;;;/h1-14,19-25,51-54,57,62-63H,15-18,49-50H2,(H,66,67,68)(H,69,70,71)(H,72,73,74);;;/q;3*+1/p-3/b58-55?,59-56?,60-45-,61-46+;;;. The fourth-order valence-electron chi connectivity index (χ4n) is 7.41. The minimum Gasteiger partial charge on any atom is -0.744 e. The molecule has 0 aliphatic heterocycles. The number of hydrogen-bond donors (Lipinski definition) is 9. The molecule has 0 atom stereocenters. The van der Waals surface area contributed by atoms with Crippen molar-refractivity contribution in [2.24, 2.45) is 30.7 Å². The Kier molecular flexibility index (Phi) is 22.3. The number of nitrogens with one attached hydrogen (secondary N) is 5. The van der Waals surface area contributed by atoms with Crippen molar-refractivity contribution in [2.45, 2.75) is 4.90 Å². The maximum absolute atomic E-state index is 13.8. The zero-order valence-corrected chi connectivity index (χ0v) is 50.9. The Morgan fingerprint density at radius 1 is 0.475 bits per heavy atom. The van der Waals surface area contributed by atoms with E-state index in [0.717, 1.165) is 24.3 Å². The Bertz CT molecular complexity index is 3940. The van der Waals surface area contributed by atoms with Crippen molar-refractivity contribution >= 4 is 134 Å². The first-order valence-electron chi connectivity index (χ1n) is 22.3. The zero-order valence-electron chi connectivity index (χ0n) is 42.4. The van der Waals surface area contributed by atoms with E-state index >= 15 is 0 Å². The normalized spacial score (nSPS) is 14.3. The molecule has 396 valence electrons. The maximum Gasteiger partial charge on any atom is 1.00 e. The number of aliphatic hydroxyl groups excluding tert-OH is 2. The van der Waals surface area contributed by atoms with Crippen molar-refractivity contribution in [3.63, 3.8) is 0 Å². The summed E-state index contributed by atoms with van der Waals surface area (Å²) in [4.78, 5) is 24.8. The third kappa shape index (κ3) is 15.9. The number of nitrogen functional groups attached to an aromatic ring is 2. The van der Waals surface area contributed by atoms with Crippen molar-refractivity contribution in [3.05, 3.63) is 147 Å². The molecule has 6 aromatic rings. The molecule has 0 unspecified atom stereocenters. The minimum atomic E-state index is -5.34. The molecule has 6 aromatic carbocycles. The van der Waals surface area contributed by atoms with Gasteiger partial charge in [-0.05, 0) is 126 Å². The number of ketones is 2. The van der Waals surface area contributed by atoms with Crippen LogP contribution < -0.4 is 127 Å². The fourth-order valence-corrected chi connectivity index (χ4v) is 9.36. The predicted molar refractivity (Wildman–Crippen MR) is 284 cm³/mol. The van der Waals surface area contributed by atoms with Crippen LogP contribution in [0, 0.1) is 0 Å². The van der Waals surface area contributed by atoms with Crippen molar-refractivity contribution in [1.29, 1.82) is 0 Å². The molecule has 8 rings (SSSR count). The zero-order chi connectivity index (χ0) is 55.2. The van der Waals surface area contributed by atoms with Crippen LogP contribution >= 0.6 is 0 Å².